The molecule has 0 radical (unpaired) electrons. The lowest BCUT2D eigenvalue weighted by atomic mass is 10.1. The van der Waals surface area contributed by atoms with E-state index in [-0.39, 0.29) is 10.9 Å². The highest BCUT2D eigenvalue weighted by molar-refractivity contribution is 7.92. The summed E-state index contributed by atoms with van der Waals surface area (Å²) < 4.78 is 38.9. The smallest absolute Gasteiger partial charge is 0.182 e. The Balaban J connectivity index is 2.34. The minimum absolute atomic E-state index is 0.0317. The van der Waals surface area contributed by atoms with Crippen molar-refractivity contribution < 1.29 is 12.8 Å². The van der Waals surface area contributed by atoms with Crippen LogP contribution in [-0.4, -0.2) is 26.3 Å². The Bertz CT molecular complexity index is 545. The number of hydrogen-bond donors (Lipinski definition) is 1. The molecule has 0 aromatic heterocycles. The highest BCUT2D eigenvalue weighted by Gasteiger charge is 2.35. The first-order valence-corrected chi connectivity index (χ1v) is 8.83. The first-order valence-electron chi connectivity index (χ1n) is 7.28. The van der Waals surface area contributed by atoms with Crippen LogP contribution in [0, 0.1) is 5.82 Å². The number of halogens is 1. The minimum Gasteiger partial charge on any atom is -0.313 e. The van der Waals surface area contributed by atoms with Crippen LogP contribution in [0.3, 0.4) is 0 Å². The molecule has 1 aliphatic carbocycles. The Morgan fingerprint density at radius 3 is 2.70 bits per heavy atom. The molecule has 1 fully saturated rings. The van der Waals surface area contributed by atoms with Crippen LogP contribution in [0.2, 0.25) is 0 Å². The fourth-order valence-electron chi connectivity index (χ4n) is 2.96. The first kappa shape index (κ1) is 15.4. The molecule has 0 spiro atoms. The molecular formula is C15H22FNO2S. The number of sulfone groups is 1. The van der Waals surface area contributed by atoms with Gasteiger partial charge in [-0.25, -0.2) is 12.8 Å². The molecule has 1 aliphatic rings. The van der Waals surface area contributed by atoms with Crippen molar-refractivity contribution in [2.24, 2.45) is 0 Å². The van der Waals surface area contributed by atoms with Crippen molar-refractivity contribution in [1.29, 1.82) is 0 Å². The molecule has 20 heavy (non-hydrogen) atoms. The summed E-state index contributed by atoms with van der Waals surface area (Å²) in [6.07, 6.45) is 4.55. The molecule has 0 amide bonds. The molecule has 0 bridgehead atoms. The number of rotatable bonds is 4. The second-order valence-corrected chi connectivity index (χ2v) is 7.51. The molecule has 2 rings (SSSR count). The van der Waals surface area contributed by atoms with Crippen molar-refractivity contribution in [2.45, 2.75) is 55.2 Å². The van der Waals surface area contributed by atoms with Gasteiger partial charge in [-0.1, -0.05) is 32.3 Å². The Hall–Kier alpha value is -0.940. The molecule has 0 aliphatic heterocycles. The molecule has 2 atom stereocenters. The summed E-state index contributed by atoms with van der Waals surface area (Å²) in [5, 5.41) is 2.84. The van der Waals surface area contributed by atoms with E-state index in [9.17, 15) is 12.8 Å². The third-order valence-electron chi connectivity index (χ3n) is 3.94. The first-order chi connectivity index (χ1) is 9.55. The maximum Gasteiger partial charge on any atom is 0.182 e. The molecule has 1 aromatic carbocycles. The van der Waals surface area contributed by atoms with Crippen LogP contribution in [-0.2, 0) is 9.84 Å². The molecule has 2 unspecified atom stereocenters. The Labute approximate surface area is 120 Å². The van der Waals surface area contributed by atoms with Gasteiger partial charge in [-0.15, -0.1) is 0 Å². The van der Waals surface area contributed by atoms with Crippen LogP contribution >= 0.6 is 0 Å². The zero-order valence-electron chi connectivity index (χ0n) is 11.8. The summed E-state index contributed by atoms with van der Waals surface area (Å²) in [4.78, 5) is 0.104. The lowest BCUT2D eigenvalue weighted by molar-refractivity contribution is 0.459. The maximum absolute atomic E-state index is 13.3. The Kier molecular flexibility index (Phi) is 5.16. The van der Waals surface area contributed by atoms with Gasteiger partial charge < -0.3 is 5.32 Å². The number of nitrogens with one attached hydrogen (secondary N) is 1. The van der Waals surface area contributed by atoms with Crippen molar-refractivity contribution in [3.05, 3.63) is 30.1 Å². The topological polar surface area (TPSA) is 46.2 Å². The van der Waals surface area contributed by atoms with Gasteiger partial charge in [0.15, 0.2) is 9.84 Å². The molecule has 1 saturated carbocycles. The predicted octanol–water partition coefficient (Wildman–Crippen LogP) is 2.91. The van der Waals surface area contributed by atoms with Crippen molar-refractivity contribution in [3.63, 3.8) is 0 Å². The van der Waals surface area contributed by atoms with Gasteiger partial charge in [-0.2, -0.15) is 0 Å². The van der Waals surface area contributed by atoms with Gasteiger partial charge in [-0.3, -0.25) is 0 Å². The number of hydrogen-bond acceptors (Lipinski definition) is 3. The summed E-state index contributed by atoms with van der Waals surface area (Å²) in [6.45, 7) is 2.73. The van der Waals surface area contributed by atoms with Gasteiger partial charge >= 0.3 is 0 Å². The van der Waals surface area contributed by atoms with Gasteiger partial charge in [0.25, 0.3) is 0 Å². The van der Waals surface area contributed by atoms with E-state index in [0.29, 0.717) is 6.42 Å². The van der Waals surface area contributed by atoms with Crippen molar-refractivity contribution in [1.82, 2.24) is 5.32 Å². The summed E-state index contributed by atoms with van der Waals surface area (Å²) in [7, 11) is -3.48. The lowest BCUT2D eigenvalue weighted by Crippen LogP contribution is -2.43. The summed E-state index contributed by atoms with van der Waals surface area (Å²) >= 11 is 0. The Morgan fingerprint density at radius 1 is 1.25 bits per heavy atom. The normalized spacial score (nSPS) is 24.3. The summed E-state index contributed by atoms with van der Waals surface area (Å²) in [5.74, 6) is -0.500. The monoisotopic (exact) mass is 299 g/mol. The van der Waals surface area contributed by atoms with Crippen LogP contribution in [0.4, 0.5) is 4.39 Å². The van der Waals surface area contributed by atoms with Gasteiger partial charge in [0.1, 0.15) is 5.82 Å². The molecule has 3 nitrogen and oxygen atoms in total. The summed E-state index contributed by atoms with van der Waals surface area (Å²) in [5.41, 5.74) is 0. The molecule has 0 heterocycles. The van der Waals surface area contributed by atoms with E-state index in [1.54, 1.807) is 0 Å². The highest BCUT2D eigenvalue weighted by atomic mass is 32.2. The van der Waals surface area contributed by atoms with Crippen molar-refractivity contribution >= 4 is 9.84 Å². The van der Waals surface area contributed by atoms with Crippen LogP contribution in [0.15, 0.2) is 29.2 Å². The fourth-order valence-corrected chi connectivity index (χ4v) is 5.00. The van der Waals surface area contributed by atoms with Gasteiger partial charge in [0, 0.05) is 6.04 Å². The zero-order chi connectivity index (χ0) is 14.6. The van der Waals surface area contributed by atoms with E-state index in [1.165, 1.54) is 18.2 Å². The van der Waals surface area contributed by atoms with Gasteiger partial charge in [-0.05, 0) is 37.6 Å². The maximum atomic E-state index is 13.3. The standard InChI is InChI=1S/C15H22FNO2S/c1-2-17-14-9-4-3-5-10-15(14)20(18,19)13-8-6-7-12(16)11-13/h6-8,11,14-15,17H,2-5,9-10H2,1H3. The lowest BCUT2D eigenvalue weighted by Gasteiger charge is -2.25. The van der Waals surface area contributed by atoms with E-state index in [1.807, 2.05) is 6.92 Å². The van der Waals surface area contributed by atoms with E-state index < -0.39 is 20.9 Å². The summed E-state index contributed by atoms with van der Waals surface area (Å²) in [6, 6.07) is 5.32. The molecule has 1 aromatic rings. The van der Waals surface area contributed by atoms with E-state index in [4.69, 9.17) is 0 Å². The van der Waals surface area contributed by atoms with Gasteiger partial charge in [0.2, 0.25) is 0 Å². The highest BCUT2D eigenvalue weighted by Crippen LogP contribution is 2.28. The average Bonchev–Trinajstić information content (AvgIpc) is 2.65. The molecule has 0 saturated heterocycles. The average molecular weight is 299 g/mol. The van der Waals surface area contributed by atoms with Crippen LogP contribution in [0.25, 0.3) is 0 Å². The van der Waals surface area contributed by atoms with Crippen LogP contribution in [0.5, 0.6) is 0 Å². The molecule has 1 N–H and O–H groups in total. The van der Waals surface area contributed by atoms with Crippen molar-refractivity contribution in [2.75, 3.05) is 6.54 Å². The molecular weight excluding hydrogens is 277 g/mol. The van der Waals surface area contributed by atoms with E-state index >= 15 is 0 Å². The van der Waals surface area contributed by atoms with E-state index in [0.717, 1.165) is 38.3 Å². The predicted molar refractivity (Wildman–Crippen MR) is 77.9 cm³/mol. The molecule has 112 valence electrons. The van der Waals surface area contributed by atoms with Crippen molar-refractivity contribution in [3.8, 4) is 0 Å². The third-order valence-corrected chi connectivity index (χ3v) is 6.21. The second kappa shape index (κ2) is 6.68. The van der Waals surface area contributed by atoms with Crippen LogP contribution < -0.4 is 5.32 Å². The molecule has 5 heteroatoms. The number of benzene rings is 1. The second-order valence-electron chi connectivity index (χ2n) is 5.34. The van der Waals surface area contributed by atoms with E-state index in [2.05, 4.69) is 5.32 Å². The van der Waals surface area contributed by atoms with Crippen LogP contribution in [0.1, 0.15) is 39.0 Å². The fraction of sp³-hybridized carbons (Fsp3) is 0.600. The SMILES string of the molecule is CCNC1CCCCCC1S(=O)(=O)c1cccc(F)c1. The largest absolute Gasteiger partial charge is 0.313 e. The van der Waals surface area contributed by atoms with Gasteiger partial charge in [0.05, 0.1) is 10.1 Å². The Morgan fingerprint density at radius 2 is 2.00 bits per heavy atom. The third kappa shape index (κ3) is 3.38. The zero-order valence-corrected chi connectivity index (χ0v) is 12.6. The quantitative estimate of drug-likeness (QED) is 0.870. The minimum atomic E-state index is -3.48.